The number of rotatable bonds is 3. The van der Waals surface area contributed by atoms with E-state index in [4.69, 9.17) is 4.42 Å². The van der Waals surface area contributed by atoms with Gasteiger partial charge in [-0.05, 0) is 51.8 Å². The zero-order valence-electron chi connectivity index (χ0n) is 8.54. The minimum absolute atomic E-state index is 0.107. The number of ketones is 1. The SMILES string of the molecule is O=C(Cc1cc(F)cc(Br)c1)c1ccc(Br)o1. The van der Waals surface area contributed by atoms with E-state index >= 15 is 0 Å². The largest absolute Gasteiger partial charge is 0.446 e. The van der Waals surface area contributed by atoms with Crippen molar-refractivity contribution < 1.29 is 13.6 Å². The van der Waals surface area contributed by atoms with Gasteiger partial charge in [0.2, 0.25) is 5.78 Å². The van der Waals surface area contributed by atoms with Crippen LogP contribution in [-0.4, -0.2) is 5.78 Å². The number of benzene rings is 1. The molecule has 1 heterocycles. The predicted molar refractivity (Wildman–Crippen MR) is 68.5 cm³/mol. The molecule has 0 aliphatic carbocycles. The Morgan fingerprint density at radius 1 is 1.24 bits per heavy atom. The Bertz CT molecular complexity index is 543. The van der Waals surface area contributed by atoms with Gasteiger partial charge in [-0.3, -0.25) is 4.79 Å². The van der Waals surface area contributed by atoms with E-state index in [0.29, 0.717) is 14.7 Å². The van der Waals surface area contributed by atoms with Gasteiger partial charge in [-0.1, -0.05) is 15.9 Å². The molecule has 0 spiro atoms. The highest BCUT2D eigenvalue weighted by atomic mass is 79.9. The lowest BCUT2D eigenvalue weighted by Crippen LogP contribution is -2.02. The van der Waals surface area contributed by atoms with Crippen LogP contribution >= 0.6 is 31.9 Å². The number of carbonyl (C=O) groups is 1. The molecule has 2 rings (SSSR count). The van der Waals surface area contributed by atoms with Crippen molar-refractivity contribution in [2.24, 2.45) is 0 Å². The van der Waals surface area contributed by atoms with E-state index in [1.54, 1.807) is 18.2 Å². The number of furan rings is 1. The van der Waals surface area contributed by atoms with Crippen LogP contribution in [0.1, 0.15) is 16.1 Å². The molecule has 0 saturated heterocycles. The molecule has 0 N–H and O–H groups in total. The van der Waals surface area contributed by atoms with Crippen molar-refractivity contribution in [1.29, 1.82) is 0 Å². The van der Waals surface area contributed by atoms with Crippen molar-refractivity contribution in [1.82, 2.24) is 0 Å². The second-order valence-electron chi connectivity index (χ2n) is 3.48. The topological polar surface area (TPSA) is 30.2 Å². The third-order valence-electron chi connectivity index (χ3n) is 2.14. The van der Waals surface area contributed by atoms with Gasteiger partial charge in [0, 0.05) is 10.9 Å². The summed E-state index contributed by atoms with van der Waals surface area (Å²) in [5, 5.41) is 0. The van der Waals surface area contributed by atoms with Crippen LogP contribution in [0.15, 0.2) is 43.9 Å². The number of Topliss-reactive ketones (excluding diaryl/α,β-unsaturated/α-hetero) is 1. The van der Waals surface area contributed by atoms with E-state index in [-0.39, 0.29) is 23.8 Å². The summed E-state index contributed by atoms with van der Waals surface area (Å²) >= 11 is 6.30. The quantitative estimate of drug-likeness (QED) is 0.760. The molecule has 0 saturated carbocycles. The molecule has 0 radical (unpaired) electrons. The Kier molecular flexibility index (Phi) is 3.79. The third kappa shape index (κ3) is 3.26. The zero-order chi connectivity index (χ0) is 12.4. The first kappa shape index (κ1) is 12.5. The van der Waals surface area contributed by atoms with Crippen molar-refractivity contribution >= 4 is 37.6 Å². The van der Waals surface area contributed by atoms with Crippen LogP contribution in [0.2, 0.25) is 0 Å². The van der Waals surface area contributed by atoms with E-state index < -0.39 is 0 Å². The summed E-state index contributed by atoms with van der Waals surface area (Å²) in [6.45, 7) is 0. The van der Waals surface area contributed by atoms with Crippen molar-refractivity contribution in [3.05, 3.63) is 56.6 Å². The van der Waals surface area contributed by atoms with Gasteiger partial charge < -0.3 is 4.42 Å². The maximum absolute atomic E-state index is 13.1. The molecule has 1 aromatic heterocycles. The van der Waals surface area contributed by atoms with Crippen LogP contribution in [0.5, 0.6) is 0 Å². The van der Waals surface area contributed by atoms with Crippen LogP contribution in [0, 0.1) is 5.82 Å². The summed E-state index contributed by atoms with van der Waals surface area (Å²) in [5.41, 5.74) is 0.606. The molecular formula is C12H7Br2FO2. The van der Waals surface area contributed by atoms with Gasteiger partial charge in [0.1, 0.15) is 5.82 Å². The van der Waals surface area contributed by atoms with Crippen LogP contribution in [-0.2, 0) is 6.42 Å². The van der Waals surface area contributed by atoms with Gasteiger partial charge in [0.15, 0.2) is 10.4 Å². The standard InChI is InChI=1S/C12H7Br2FO2/c13-8-3-7(4-9(15)6-8)5-10(16)11-1-2-12(14)17-11/h1-4,6H,5H2. The Morgan fingerprint density at radius 3 is 2.59 bits per heavy atom. The molecule has 2 nitrogen and oxygen atoms in total. The monoisotopic (exact) mass is 360 g/mol. The minimum Gasteiger partial charge on any atom is -0.446 e. The van der Waals surface area contributed by atoms with E-state index in [2.05, 4.69) is 31.9 Å². The first-order valence-electron chi connectivity index (χ1n) is 4.78. The molecule has 0 bridgehead atoms. The molecule has 0 fully saturated rings. The molecule has 17 heavy (non-hydrogen) atoms. The average molecular weight is 362 g/mol. The summed E-state index contributed by atoms with van der Waals surface area (Å²) in [6, 6.07) is 7.62. The molecule has 1 aromatic carbocycles. The molecule has 2 aromatic rings. The molecule has 0 amide bonds. The summed E-state index contributed by atoms with van der Waals surface area (Å²) < 4.78 is 19.4. The maximum atomic E-state index is 13.1. The highest BCUT2D eigenvalue weighted by molar-refractivity contribution is 9.10. The zero-order valence-corrected chi connectivity index (χ0v) is 11.7. The fourth-order valence-electron chi connectivity index (χ4n) is 1.45. The van der Waals surface area contributed by atoms with Crippen LogP contribution in [0.4, 0.5) is 4.39 Å². The van der Waals surface area contributed by atoms with Crippen LogP contribution < -0.4 is 0 Å². The minimum atomic E-state index is -0.372. The normalized spacial score (nSPS) is 10.5. The fraction of sp³-hybridized carbons (Fsp3) is 0.0833. The lowest BCUT2D eigenvalue weighted by molar-refractivity contribution is 0.0965. The molecule has 0 aliphatic heterocycles. The maximum Gasteiger partial charge on any atom is 0.202 e. The number of hydrogen-bond donors (Lipinski definition) is 0. The van der Waals surface area contributed by atoms with Gasteiger partial charge in [0.25, 0.3) is 0 Å². The predicted octanol–water partition coefficient (Wildman–Crippen LogP) is 4.37. The first-order chi connectivity index (χ1) is 8.04. The van der Waals surface area contributed by atoms with Crippen molar-refractivity contribution in [2.75, 3.05) is 0 Å². The van der Waals surface area contributed by atoms with E-state index in [1.807, 2.05) is 0 Å². The van der Waals surface area contributed by atoms with E-state index in [1.165, 1.54) is 12.1 Å². The summed E-state index contributed by atoms with van der Waals surface area (Å²) in [4.78, 5) is 11.8. The molecule has 88 valence electrons. The van der Waals surface area contributed by atoms with Crippen molar-refractivity contribution in [2.45, 2.75) is 6.42 Å². The van der Waals surface area contributed by atoms with Crippen molar-refractivity contribution in [3.63, 3.8) is 0 Å². The Hall–Kier alpha value is -0.940. The second kappa shape index (κ2) is 5.14. The van der Waals surface area contributed by atoms with Gasteiger partial charge >= 0.3 is 0 Å². The van der Waals surface area contributed by atoms with Crippen LogP contribution in [0.3, 0.4) is 0 Å². The number of halogens is 3. The van der Waals surface area contributed by atoms with Gasteiger partial charge in [-0.25, -0.2) is 4.39 Å². The first-order valence-corrected chi connectivity index (χ1v) is 6.37. The van der Waals surface area contributed by atoms with Crippen molar-refractivity contribution in [3.8, 4) is 0 Å². The Balaban J connectivity index is 2.18. The molecular weight excluding hydrogens is 355 g/mol. The number of carbonyl (C=O) groups excluding carboxylic acids is 1. The molecule has 5 heteroatoms. The van der Waals surface area contributed by atoms with E-state index in [9.17, 15) is 9.18 Å². The molecule has 0 aliphatic rings. The lowest BCUT2D eigenvalue weighted by atomic mass is 10.1. The summed E-state index contributed by atoms with van der Waals surface area (Å²) in [6.07, 6.45) is 0.107. The van der Waals surface area contributed by atoms with Crippen LogP contribution in [0.25, 0.3) is 0 Å². The van der Waals surface area contributed by atoms with E-state index in [0.717, 1.165) is 0 Å². The summed E-state index contributed by atoms with van der Waals surface area (Å²) in [7, 11) is 0. The average Bonchev–Trinajstić information content (AvgIpc) is 2.63. The fourth-order valence-corrected chi connectivity index (χ4v) is 2.27. The highest BCUT2D eigenvalue weighted by Crippen LogP contribution is 2.19. The van der Waals surface area contributed by atoms with Gasteiger partial charge in [-0.15, -0.1) is 0 Å². The summed E-state index contributed by atoms with van der Waals surface area (Å²) in [5.74, 6) is -0.298. The van der Waals surface area contributed by atoms with Gasteiger partial charge in [-0.2, -0.15) is 0 Å². The Labute approximate surface area is 114 Å². The third-order valence-corrected chi connectivity index (χ3v) is 3.02. The lowest BCUT2D eigenvalue weighted by Gasteiger charge is -2.00. The molecule has 0 atom stereocenters. The number of hydrogen-bond acceptors (Lipinski definition) is 2. The van der Waals surface area contributed by atoms with Gasteiger partial charge in [0.05, 0.1) is 0 Å². The Morgan fingerprint density at radius 2 is 2.00 bits per heavy atom. The smallest absolute Gasteiger partial charge is 0.202 e. The molecule has 0 unspecified atom stereocenters. The second-order valence-corrected chi connectivity index (χ2v) is 5.18. The highest BCUT2D eigenvalue weighted by Gasteiger charge is 2.12.